The van der Waals surface area contributed by atoms with Crippen molar-refractivity contribution in [3.8, 4) is 17.8 Å². The molecular formula is C12H4Cl2F3N5S. The summed E-state index contributed by atoms with van der Waals surface area (Å²) < 4.78 is 38.2. The number of aromatic nitrogens is 2. The maximum absolute atomic E-state index is 12.4. The molecule has 1 heterocycles. The molecule has 0 unspecified atom stereocenters. The van der Waals surface area contributed by atoms with E-state index in [1.54, 1.807) is 12.1 Å². The lowest BCUT2D eigenvalue weighted by Crippen LogP contribution is -2.05. The van der Waals surface area contributed by atoms with Crippen LogP contribution in [0.15, 0.2) is 17.0 Å². The minimum Gasteiger partial charge on any atom is -0.382 e. The summed E-state index contributed by atoms with van der Waals surface area (Å²) in [7, 11) is 0. The number of nitrogen functional groups attached to an aromatic ring is 1. The fraction of sp³-hybridized carbons (Fsp3) is 0.0833. The number of alkyl halides is 3. The molecule has 11 heteroatoms. The SMILES string of the molecule is N#Cc1nn(-c2c(Cl)cc(SC(F)(F)F)cc2Cl)c(N)c1C#N. The van der Waals surface area contributed by atoms with Gasteiger partial charge in [0, 0.05) is 4.90 Å². The fourth-order valence-electron chi connectivity index (χ4n) is 1.73. The number of nitrogens with zero attached hydrogens (tertiary/aromatic N) is 4. The Morgan fingerprint density at radius 1 is 1.17 bits per heavy atom. The van der Waals surface area contributed by atoms with Gasteiger partial charge in [0.25, 0.3) is 0 Å². The Bertz CT molecular complexity index is 840. The number of halogens is 5. The molecule has 0 aliphatic rings. The minimum atomic E-state index is -4.50. The average Bonchev–Trinajstić information content (AvgIpc) is 2.72. The summed E-state index contributed by atoms with van der Waals surface area (Å²) in [6.45, 7) is 0. The van der Waals surface area contributed by atoms with Crippen molar-refractivity contribution in [2.75, 3.05) is 5.73 Å². The Labute approximate surface area is 142 Å². The summed E-state index contributed by atoms with van der Waals surface area (Å²) in [5.74, 6) is -0.191. The molecule has 23 heavy (non-hydrogen) atoms. The third-order valence-corrected chi connectivity index (χ3v) is 3.85. The van der Waals surface area contributed by atoms with Crippen molar-refractivity contribution in [2.24, 2.45) is 0 Å². The van der Waals surface area contributed by atoms with Crippen molar-refractivity contribution in [2.45, 2.75) is 10.4 Å². The van der Waals surface area contributed by atoms with Gasteiger partial charge in [-0.1, -0.05) is 23.2 Å². The summed E-state index contributed by atoms with van der Waals surface area (Å²) in [4.78, 5) is -0.219. The maximum Gasteiger partial charge on any atom is 0.446 e. The predicted octanol–water partition coefficient (Wildman–Crippen LogP) is 4.12. The summed E-state index contributed by atoms with van der Waals surface area (Å²) in [6, 6.07) is 5.49. The molecule has 0 amide bonds. The molecule has 0 aliphatic heterocycles. The van der Waals surface area contributed by atoms with E-state index in [0.717, 1.165) is 16.8 Å². The van der Waals surface area contributed by atoms with Gasteiger partial charge >= 0.3 is 5.51 Å². The number of rotatable bonds is 2. The van der Waals surface area contributed by atoms with E-state index in [9.17, 15) is 13.2 Å². The van der Waals surface area contributed by atoms with E-state index in [2.05, 4.69) is 5.10 Å². The highest BCUT2D eigenvalue weighted by atomic mass is 35.5. The summed E-state index contributed by atoms with van der Waals surface area (Å²) in [5, 5.41) is 21.4. The Morgan fingerprint density at radius 2 is 1.74 bits per heavy atom. The number of nitrogens with two attached hydrogens (primary N) is 1. The molecule has 2 rings (SSSR count). The topological polar surface area (TPSA) is 91.4 Å². The third kappa shape index (κ3) is 3.48. The standard InChI is InChI=1S/C12H4Cl2F3N5S/c13-7-1-5(23-12(15,16)17)2-8(14)10(7)22-11(20)6(3-18)9(4-19)21-22/h1-2H,20H2. The zero-order chi connectivity index (χ0) is 17.4. The Kier molecular flexibility index (Phi) is 4.66. The van der Waals surface area contributed by atoms with Crippen LogP contribution in [0.3, 0.4) is 0 Å². The summed E-state index contributed by atoms with van der Waals surface area (Å²) >= 11 is 11.6. The Balaban J connectivity index is 2.61. The van der Waals surface area contributed by atoms with E-state index >= 15 is 0 Å². The molecule has 0 spiro atoms. The van der Waals surface area contributed by atoms with E-state index < -0.39 is 5.51 Å². The molecule has 0 atom stereocenters. The molecule has 0 aliphatic carbocycles. The first-order chi connectivity index (χ1) is 10.7. The first-order valence-corrected chi connectivity index (χ1v) is 7.19. The van der Waals surface area contributed by atoms with Gasteiger partial charge in [-0.15, -0.1) is 0 Å². The minimum absolute atomic E-state index is 0.0182. The van der Waals surface area contributed by atoms with Gasteiger partial charge < -0.3 is 5.73 Å². The fourth-order valence-corrected chi connectivity index (χ4v) is 3.12. The molecular weight excluding hydrogens is 374 g/mol. The molecule has 1 aromatic carbocycles. The molecule has 0 fully saturated rings. The number of hydrogen-bond donors (Lipinski definition) is 1. The van der Waals surface area contributed by atoms with Crippen LogP contribution in [0.1, 0.15) is 11.3 Å². The number of nitriles is 2. The van der Waals surface area contributed by atoms with Crippen LogP contribution in [0.2, 0.25) is 10.0 Å². The van der Waals surface area contributed by atoms with Crippen LogP contribution in [0.25, 0.3) is 5.69 Å². The normalized spacial score (nSPS) is 11.1. The first kappa shape index (κ1) is 17.3. The highest BCUT2D eigenvalue weighted by Gasteiger charge is 2.30. The van der Waals surface area contributed by atoms with Crippen LogP contribution in [-0.2, 0) is 0 Å². The monoisotopic (exact) mass is 377 g/mol. The quantitative estimate of drug-likeness (QED) is 0.794. The molecule has 118 valence electrons. The van der Waals surface area contributed by atoms with Crippen LogP contribution in [-0.4, -0.2) is 15.3 Å². The molecule has 1 aromatic heterocycles. The van der Waals surface area contributed by atoms with Crippen LogP contribution in [0.5, 0.6) is 0 Å². The molecule has 2 aromatic rings. The lowest BCUT2D eigenvalue weighted by molar-refractivity contribution is -0.0328. The Morgan fingerprint density at radius 3 is 2.13 bits per heavy atom. The molecule has 0 saturated heterocycles. The largest absolute Gasteiger partial charge is 0.446 e. The van der Waals surface area contributed by atoms with Gasteiger partial charge in [-0.25, -0.2) is 4.68 Å². The van der Waals surface area contributed by atoms with E-state index in [1.807, 2.05) is 0 Å². The van der Waals surface area contributed by atoms with E-state index in [1.165, 1.54) is 0 Å². The van der Waals surface area contributed by atoms with E-state index in [4.69, 9.17) is 39.5 Å². The van der Waals surface area contributed by atoms with Crippen molar-refractivity contribution >= 4 is 40.8 Å². The van der Waals surface area contributed by atoms with Crippen LogP contribution in [0.4, 0.5) is 19.0 Å². The van der Waals surface area contributed by atoms with Crippen molar-refractivity contribution in [1.82, 2.24) is 9.78 Å². The predicted molar refractivity (Wildman–Crippen MR) is 79.3 cm³/mol. The average molecular weight is 378 g/mol. The maximum atomic E-state index is 12.4. The number of hydrogen-bond acceptors (Lipinski definition) is 5. The lowest BCUT2D eigenvalue weighted by Gasteiger charge is -2.12. The van der Waals surface area contributed by atoms with Crippen LogP contribution < -0.4 is 5.73 Å². The molecule has 0 radical (unpaired) electrons. The van der Waals surface area contributed by atoms with Gasteiger partial charge in [0.05, 0.1) is 10.0 Å². The van der Waals surface area contributed by atoms with Crippen molar-refractivity contribution in [3.05, 3.63) is 33.4 Å². The number of benzene rings is 1. The highest BCUT2D eigenvalue weighted by molar-refractivity contribution is 8.00. The zero-order valence-corrected chi connectivity index (χ0v) is 13.1. The molecule has 0 bridgehead atoms. The highest BCUT2D eigenvalue weighted by Crippen LogP contribution is 2.41. The smallest absolute Gasteiger partial charge is 0.382 e. The van der Waals surface area contributed by atoms with Gasteiger partial charge in [-0.3, -0.25) is 0 Å². The number of thioether (sulfide) groups is 1. The van der Waals surface area contributed by atoms with Crippen LogP contribution in [0, 0.1) is 22.7 Å². The molecule has 5 nitrogen and oxygen atoms in total. The Hall–Kier alpha value is -2.07. The van der Waals surface area contributed by atoms with Gasteiger partial charge in [-0.2, -0.15) is 28.8 Å². The second kappa shape index (κ2) is 6.20. The second-order valence-corrected chi connectivity index (χ2v) is 5.98. The second-order valence-electron chi connectivity index (χ2n) is 4.03. The van der Waals surface area contributed by atoms with Crippen LogP contribution >= 0.6 is 35.0 Å². The van der Waals surface area contributed by atoms with Crippen molar-refractivity contribution in [3.63, 3.8) is 0 Å². The summed E-state index contributed by atoms with van der Waals surface area (Å²) in [5.41, 5.74) is 0.790. The van der Waals surface area contributed by atoms with Gasteiger partial charge in [0.1, 0.15) is 29.2 Å². The van der Waals surface area contributed by atoms with Gasteiger partial charge in [-0.05, 0) is 23.9 Å². The van der Waals surface area contributed by atoms with Gasteiger partial charge in [0.15, 0.2) is 5.69 Å². The van der Waals surface area contributed by atoms with Crippen molar-refractivity contribution < 1.29 is 13.2 Å². The van der Waals surface area contributed by atoms with Gasteiger partial charge in [0.2, 0.25) is 0 Å². The summed E-state index contributed by atoms with van der Waals surface area (Å²) in [6.07, 6.45) is 0. The first-order valence-electron chi connectivity index (χ1n) is 5.61. The third-order valence-electron chi connectivity index (χ3n) is 2.57. The van der Waals surface area contributed by atoms with Crippen molar-refractivity contribution in [1.29, 1.82) is 10.5 Å². The lowest BCUT2D eigenvalue weighted by atomic mass is 10.2. The molecule has 2 N–H and O–H groups in total. The number of anilines is 1. The zero-order valence-electron chi connectivity index (χ0n) is 10.8. The van der Waals surface area contributed by atoms with E-state index in [-0.39, 0.29) is 49.5 Å². The molecule has 0 saturated carbocycles. The van der Waals surface area contributed by atoms with E-state index in [0.29, 0.717) is 0 Å².